The van der Waals surface area contributed by atoms with Crippen molar-refractivity contribution >= 4 is 17.6 Å². The topological polar surface area (TPSA) is 52.7 Å². The van der Waals surface area contributed by atoms with Gasteiger partial charge in [0.15, 0.2) is 0 Å². The third-order valence-corrected chi connectivity index (χ3v) is 2.53. The van der Waals surface area contributed by atoms with E-state index >= 15 is 0 Å². The third-order valence-electron chi connectivity index (χ3n) is 2.17. The maximum Gasteiger partial charge on any atom is 0.0850 e. The molecule has 1 fully saturated rings. The van der Waals surface area contributed by atoms with Crippen LogP contribution in [0, 0.1) is 0 Å². The number of carbonyl (C=O) groups is 1. The lowest BCUT2D eigenvalue weighted by Crippen LogP contribution is -2.24. The highest BCUT2D eigenvalue weighted by atomic mass is 35.5. The minimum atomic E-state index is -1.19. The fourth-order valence-corrected chi connectivity index (χ4v) is 1.62. The highest BCUT2D eigenvalue weighted by Gasteiger charge is 2.25. The van der Waals surface area contributed by atoms with Gasteiger partial charge >= 0.3 is 0 Å². The molecule has 1 unspecified atom stereocenters. The van der Waals surface area contributed by atoms with Gasteiger partial charge in [0.05, 0.1) is 18.7 Å². The summed E-state index contributed by atoms with van der Waals surface area (Å²) in [5, 5.41) is 11.2. The second-order valence-electron chi connectivity index (χ2n) is 3.21. The molecule has 0 bridgehead atoms. The minimum Gasteiger partial charge on any atom is -0.545 e. The van der Waals surface area contributed by atoms with Gasteiger partial charge in [0.1, 0.15) is 0 Å². The summed E-state index contributed by atoms with van der Waals surface area (Å²) < 4.78 is 5.03. The molecule has 1 saturated heterocycles. The van der Waals surface area contributed by atoms with Crippen LogP contribution in [0.15, 0.2) is 18.2 Å². The standard InChI is InChI=1S/C10H9ClO3/c11-9-3-1-2-7(10(12)13)8(9)4-6-5-14-6/h1-3,6H,4-5H2,(H,12,13)/p-1. The molecule has 1 heterocycles. The number of carbonyl (C=O) groups excluding carboxylic acids is 1. The Hall–Kier alpha value is -1.06. The number of hydrogen-bond acceptors (Lipinski definition) is 3. The molecule has 4 heteroatoms. The lowest BCUT2D eigenvalue weighted by atomic mass is 10.0. The summed E-state index contributed by atoms with van der Waals surface area (Å²) in [5.74, 6) is -1.19. The monoisotopic (exact) mass is 211 g/mol. The third kappa shape index (κ3) is 1.89. The van der Waals surface area contributed by atoms with Gasteiger partial charge < -0.3 is 14.6 Å². The van der Waals surface area contributed by atoms with Crippen LogP contribution < -0.4 is 5.11 Å². The highest BCUT2D eigenvalue weighted by molar-refractivity contribution is 6.31. The molecule has 0 saturated carbocycles. The minimum absolute atomic E-state index is 0.119. The van der Waals surface area contributed by atoms with Crippen LogP contribution in [-0.4, -0.2) is 18.7 Å². The zero-order chi connectivity index (χ0) is 10.1. The number of aromatic carboxylic acids is 1. The van der Waals surface area contributed by atoms with Gasteiger partial charge in [0, 0.05) is 17.0 Å². The maximum atomic E-state index is 10.8. The van der Waals surface area contributed by atoms with Gasteiger partial charge in [0.25, 0.3) is 0 Å². The summed E-state index contributed by atoms with van der Waals surface area (Å²) in [4.78, 5) is 10.8. The molecule has 2 rings (SSSR count). The summed E-state index contributed by atoms with van der Waals surface area (Å²) in [6, 6.07) is 4.77. The van der Waals surface area contributed by atoms with Crippen molar-refractivity contribution in [1.82, 2.24) is 0 Å². The number of rotatable bonds is 3. The van der Waals surface area contributed by atoms with Crippen molar-refractivity contribution in [2.75, 3.05) is 6.61 Å². The zero-order valence-electron chi connectivity index (χ0n) is 7.33. The lowest BCUT2D eigenvalue weighted by Gasteiger charge is -2.10. The van der Waals surface area contributed by atoms with Crippen LogP contribution in [0.4, 0.5) is 0 Å². The Morgan fingerprint density at radius 2 is 2.36 bits per heavy atom. The summed E-state index contributed by atoms with van der Waals surface area (Å²) in [5.41, 5.74) is 0.768. The molecule has 3 nitrogen and oxygen atoms in total. The second kappa shape index (κ2) is 3.59. The van der Waals surface area contributed by atoms with Crippen molar-refractivity contribution in [2.45, 2.75) is 12.5 Å². The SMILES string of the molecule is O=C([O-])c1cccc(Cl)c1CC1CO1. The Morgan fingerprint density at radius 3 is 2.93 bits per heavy atom. The van der Waals surface area contributed by atoms with Gasteiger partial charge in [-0.1, -0.05) is 23.7 Å². The van der Waals surface area contributed by atoms with Gasteiger partial charge in [-0.05, 0) is 11.6 Å². The van der Waals surface area contributed by atoms with E-state index in [-0.39, 0.29) is 11.7 Å². The Morgan fingerprint density at radius 1 is 1.64 bits per heavy atom. The summed E-state index contributed by atoms with van der Waals surface area (Å²) in [6.07, 6.45) is 0.663. The molecular weight excluding hydrogens is 204 g/mol. The quantitative estimate of drug-likeness (QED) is 0.690. The first-order valence-electron chi connectivity index (χ1n) is 4.29. The van der Waals surface area contributed by atoms with Crippen LogP contribution in [0.3, 0.4) is 0 Å². The molecule has 0 aliphatic carbocycles. The van der Waals surface area contributed by atoms with Gasteiger partial charge in [0.2, 0.25) is 0 Å². The zero-order valence-corrected chi connectivity index (χ0v) is 8.08. The number of benzene rings is 1. The first-order chi connectivity index (χ1) is 6.68. The van der Waals surface area contributed by atoms with E-state index in [1.165, 1.54) is 6.07 Å². The molecule has 1 aliphatic heterocycles. The van der Waals surface area contributed by atoms with E-state index in [0.717, 1.165) is 0 Å². The Balaban J connectivity index is 2.36. The number of hydrogen-bond donors (Lipinski definition) is 0. The number of epoxide rings is 1. The van der Waals surface area contributed by atoms with Gasteiger partial charge in [-0.25, -0.2) is 0 Å². The summed E-state index contributed by atoms with van der Waals surface area (Å²) >= 11 is 5.90. The van der Waals surface area contributed by atoms with Crippen LogP contribution in [0.5, 0.6) is 0 Å². The lowest BCUT2D eigenvalue weighted by molar-refractivity contribution is -0.255. The van der Waals surface area contributed by atoms with Crippen molar-refractivity contribution in [2.24, 2.45) is 0 Å². The predicted octanol–water partition coefficient (Wildman–Crippen LogP) is 0.645. The molecule has 0 amide bonds. The Kier molecular flexibility index (Phi) is 2.44. The first-order valence-corrected chi connectivity index (χ1v) is 4.66. The van der Waals surface area contributed by atoms with Gasteiger partial charge in [-0.2, -0.15) is 0 Å². The van der Waals surface area contributed by atoms with Crippen molar-refractivity contribution < 1.29 is 14.6 Å². The normalized spacial score (nSPS) is 19.4. The number of carboxylic acid groups (broad SMARTS) is 1. The van der Waals surface area contributed by atoms with Crippen LogP contribution in [0.1, 0.15) is 15.9 Å². The van der Waals surface area contributed by atoms with E-state index in [2.05, 4.69) is 0 Å². The van der Waals surface area contributed by atoms with Crippen molar-refractivity contribution in [3.05, 3.63) is 34.3 Å². The Bertz CT molecular complexity index is 372. The molecule has 0 aromatic heterocycles. The Labute approximate surface area is 86.3 Å². The first kappa shape index (κ1) is 9.49. The largest absolute Gasteiger partial charge is 0.545 e. The molecular formula is C10H8ClO3-. The van der Waals surface area contributed by atoms with Crippen molar-refractivity contribution in [3.63, 3.8) is 0 Å². The van der Waals surface area contributed by atoms with Crippen molar-refractivity contribution in [3.8, 4) is 0 Å². The molecule has 0 radical (unpaired) electrons. The smallest absolute Gasteiger partial charge is 0.0850 e. The fourth-order valence-electron chi connectivity index (χ4n) is 1.37. The molecule has 1 aliphatic rings. The van der Waals surface area contributed by atoms with Crippen LogP contribution >= 0.6 is 11.6 Å². The predicted molar refractivity (Wildman–Crippen MR) is 49.2 cm³/mol. The molecule has 14 heavy (non-hydrogen) atoms. The number of carboxylic acids is 1. The molecule has 1 aromatic carbocycles. The van der Waals surface area contributed by atoms with E-state index in [1.54, 1.807) is 12.1 Å². The average Bonchev–Trinajstić information content (AvgIpc) is 2.91. The average molecular weight is 212 g/mol. The molecule has 0 N–H and O–H groups in total. The maximum absolute atomic E-state index is 10.8. The van der Waals surface area contributed by atoms with Crippen molar-refractivity contribution in [1.29, 1.82) is 0 Å². The van der Waals surface area contributed by atoms with E-state index < -0.39 is 5.97 Å². The molecule has 0 spiro atoms. The van der Waals surface area contributed by atoms with E-state index in [1.807, 2.05) is 0 Å². The molecule has 74 valence electrons. The number of ether oxygens (including phenoxy) is 1. The van der Waals surface area contributed by atoms with Crippen LogP contribution in [0.25, 0.3) is 0 Å². The van der Waals surface area contributed by atoms with Crippen LogP contribution in [-0.2, 0) is 11.2 Å². The fraction of sp³-hybridized carbons (Fsp3) is 0.300. The summed E-state index contributed by atoms with van der Waals surface area (Å²) in [7, 11) is 0. The second-order valence-corrected chi connectivity index (χ2v) is 3.62. The number of halogens is 1. The van der Waals surface area contributed by atoms with E-state index in [9.17, 15) is 9.90 Å². The summed E-state index contributed by atoms with van der Waals surface area (Å²) in [6.45, 7) is 0.678. The van der Waals surface area contributed by atoms with Gasteiger partial charge in [-0.15, -0.1) is 0 Å². The van der Waals surface area contributed by atoms with E-state index in [0.29, 0.717) is 23.6 Å². The highest BCUT2D eigenvalue weighted by Crippen LogP contribution is 2.25. The molecule has 1 aromatic rings. The van der Waals surface area contributed by atoms with Gasteiger partial charge in [-0.3, -0.25) is 0 Å². The molecule has 1 atom stereocenters. The van der Waals surface area contributed by atoms with Crippen LogP contribution in [0.2, 0.25) is 5.02 Å². The van der Waals surface area contributed by atoms with E-state index in [4.69, 9.17) is 16.3 Å².